The fourth-order valence-corrected chi connectivity index (χ4v) is 5.05. The van der Waals surface area contributed by atoms with Crippen LogP contribution >= 0.6 is 11.3 Å². The highest BCUT2D eigenvalue weighted by Crippen LogP contribution is 2.39. The molecule has 0 saturated carbocycles. The molecular formula is C24H29N4S+. The van der Waals surface area contributed by atoms with E-state index in [0.29, 0.717) is 0 Å². The Kier molecular flexibility index (Phi) is 5.50. The van der Waals surface area contributed by atoms with Gasteiger partial charge in [-0.15, -0.1) is 11.3 Å². The van der Waals surface area contributed by atoms with Gasteiger partial charge in [0, 0.05) is 29.8 Å². The number of anilines is 1. The van der Waals surface area contributed by atoms with Crippen LogP contribution in [0.25, 0.3) is 31.7 Å². The highest BCUT2D eigenvalue weighted by atomic mass is 32.1. The SMILES string of the molecule is CCCNc1c(C)c2sc3cc(=[N+](CC)CC)ccc-3nc2c2ccc(C)nc12. The van der Waals surface area contributed by atoms with Crippen molar-refractivity contribution in [3.05, 3.63) is 46.9 Å². The summed E-state index contributed by atoms with van der Waals surface area (Å²) in [6.45, 7) is 13.8. The van der Waals surface area contributed by atoms with Crippen molar-refractivity contribution in [2.75, 3.05) is 25.0 Å². The van der Waals surface area contributed by atoms with Gasteiger partial charge in [-0.2, -0.15) is 0 Å². The molecule has 0 fully saturated rings. The van der Waals surface area contributed by atoms with Crippen LogP contribution < -0.4 is 15.2 Å². The highest BCUT2D eigenvalue weighted by Gasteiger charge is 2.18. The molecule has 4 rings (SSSR count). The molecule has 1 aliphatic carbocycles. The average Bonchev–Trinajstić information content (AvgIpc) is 2.73. The summed E-state index contributed by atoms with van der Waals surface area (Å²) in [6, 6.07) is 10.9. The molecule has 5 heteroatoms. The number of hydrogen-bond acceptors (Lipinski definition) is 4. The fraction of sp³-hybridized carbons (Fsp3) is 0.375. The number of nitrogens with zero attached hydrogens (tertiary/aromatic N) is 3. The minimum Gasteiger partial charge on any atom is -0.383 e. The third-order valence-corrected chi connectivity index (χ3v) is 6.78. The highest BCUT2D eigenvalue weighted by molar-refractivity contribution is 7.21. The van der Waals surface area contributed by atoms with Crippen molar-refractivity contribution in [2.45, 2.75) is 41.0 Å². The van der Waals surface area contributed by atoms with E-state index in [9.17, 15) is 0 Å². The number of nitrogens with one attached hydrogen (secondary N) is 1. The third-order valence-electron chi connectivity index (χ3n) is 5.53. The van der Waals surface area contributed by atoms with Crippen molar-refractivity contribution in [3.63, 3.8) is 0 Å². The van der Waals surface area contributed by atoms with Crippen LogP contribution in [0.3, 0.4) is 0 Å². The van der Waals surface area contributed by atoms with Crippen molar-refractivity contribution < 1.29 is 0 Å². The zero-order valence-corrected chi connectivity index (χ0v) is 18.8. The molecule has 0 saturated heterocycles. The predicted octanol–water partition coefficient (Wildman–Crippen LogP) is 5.20. The Morgan fingerprint density at radius 3 is 2.48 bits per heavy atom. The molecular weight excluding hydrogens is 376 g/mol. The van der Waals surface area contributed by atoms with Crippen molar-refractivity contribution in [3.8, 4) is 10.6 Å². The standard InChI is InChI=1S/C24H28N4S/c1-6-13-25-21-16(5)24-23(18-11-9-15(4)26-22(18)21)27-19-12-10-17(14-20(19)29-24)28(7-2)8-3/h9-12,14H,6-8,13H2,1-5H3/p+1. The van der Waals surface area contributed by atoms with Gasteiger partial charge >= 0.3 is 0 Å². The molecule has 1 N–H and O–H groups in total. The van der Waals surface area contributed by atoms with Crippen LogP contribution in [0.15, 0.2) is 30.3 Å². The first-order valence-electron chi connectivity index (χ1n) is 10.5. The van der Waals surface area contributed by atoms with E-state index in [1.165, 1.54) is 20.5 Å². The molecule has 2 heterocycles. The summed E-state index contributed by atoms with van der Waals surface area (Å²) in [5.74, 6) is 0. The Hall–Kier alpha value is -2.53. The molecule has 0 bridgehead atoms. The van der Waals surface area contributed by atoms with Crippen molar-refractivity contribution in [1.82, 2.24) is 14.5 Å². The van der Waals surface area contributed by atoms with Gasteiger partial charge in [0.1, 0.15) is 13.1 Å². The molecule has 1 aromatic carbocycles. The normalized spacial score (nSPS) is 11.5. The number of benzene rings is 2. The number of fused-ring (bicyclic) bond motifs is 4. The van der Waals surface area contributed by atoms with E-state index in [2.05, 4.69) is 67.9 Å². The zero-order chi connectivity index (χ0) is 20.5. The van der Waals surface area contributed by atoms with E-state index < -0.39 is 0 Å². The van der Waals surface area contributed by atoms with Gasteiger partial charge in [0.2, 0.25) is 5.36 Å². The van der Waals surface area contributed by atoms with Crippen LogP contribution in [0.5, 0.6) is 0 Å². The maximum absolute atomic E-state index is 5.09. The van der Waals surface area contributed by atoms with Gasteiger partial charge in [0.05, 0.1) is 32.0 Å². The molecule has 150 valence electrons. The maximum atomic E-state index is 5.09. The molecule has 0 atom stereocenters. The summed E-state index contributed by atoms with van der Waals surface area (Å²) in [5, 5.41) is 6.02. The largest absolute Gasteiger partial charge is 0.383 e. The van der Waals surface area contributed by atoms with Gasteiger partial charge in [-0.3, -0.25) is 4.98 Å². The summed E-state index contributed by atoms with van der Waals surface area (Å²) < 4.78 is 3.62. The Labute approximate surface area is 176 Å². The van der Waals surface area contributed by atoms with Crippen LogP contribution in [0.2, 0.25) is 0 Å². The lowest BCUT2D eigenvalue weighted by atomic mass is 10.1. The van der Waals surface area contributed by atoms with Crippen LogP contribution in [0, 0.1) is 13.8 Å². The number of hydrogen-bond donors (Lipinski definition) is 1. The maximum Gasteiger partial charge on any atom is 0.201 e. The summed E-state index contributed by atoms with van der Waals surface area (Å²) in [6.07, 6.45) is 1.08. The van der Waals surface area contributed by atoms with Crippen LogP contribution in [0.4, 0.5) is 5.69 Å². The Balaban J connectivity index is 2.10. The quantitative estimate of drug-likeness (QED) is 0.282. The lowest BCUT2D eigenvalue weighted by molar-refractivity contribution is 0.626. The summed E-state index contributed by atoms with van der Waals surface area (Å²) in [4.78, 5) is 11.2. The molecule has 0 spiro atoms. The van der Waals surface area contributed by atoms with E-state index in [-0.39, 0.29) is 0 Å². The van der Waals surface area contributed by atoms with Crippen molar-refractivity contribution >= 4 is 38.1 Å². The average molecular weight is 406 g/mol. The first-order valence-corrected chi connectivity index (χ1v) is 11.3. The predicted molar refractivity (Wildman–Crippen MR) is 126 cm³/mol. The number of rotatable bonds is 5. The van der Waals surface area contributed by atoms with E-state index in [1.807, 2.05) is 18.3 Å². The molecule has 4 nitrogen and oxygen atoms in total. The molecule has 2 aliphatic rings. The Bertz CT molecular complexity index is 1230. The first-order chi connectivity index (χ1) is 14.1. The van der Waals surface area contributed by atoms with E-state index in [4.69, 9.17) is 9.97 Å². The van der Waals surface area contributed by atoms with E-state index >= 15 is 0 Å². The lowest BCUT2D eigenvalue weighted by Gasteiger charge is -2.16. The zero-order valence-electron chi connectivity index (χ0n) is 18.0. The molecule has 1 aliphatic heterocycles. The summed E-state index contributed by atoms with van der Waals surface area (Å²) in [5.41, 5.74) is 6.56. The van der Waals surface area contributed by atoms with Crippen molar-refractivity contribution in [2.24, 2.45) is 0 Å². The van der Waals surface area contributed by atoms with E-state index in [1.54, 1.807) is 0 Å². The molecule has 0 unspecified atom stereocenters. The lowest BCUT2D eigenvalue weighted by Crippen LogP contribution is -2.29. The molecule has 1 aromatic heterocycles. The van der Waals surface area contributed by atoms with Gasteiger partial charge in [-0.1, -0.05) is 6.92 Å². The summed E-state index contributed by atoms with van der Waals surface area (Å²) >= 11 is 1.84. The second-order valence-electron chi connectivity index (χ2n) is 7.49. The van der Waals surface area contributed by atoms with Gasteiger partial charge in [-0.05, 0) is 57.9 Å². The Morgan fingerprint density at radius 2 is 1.76 bits per heavy atom. The number of aromatic nitrogens is 2. The van der Waals surface area contributed by atoms with Crippen molar-refractivity contribution in [1.29, 1.82) is 0 Å². The fourth-order valence-electron chi connectivity index (χ4n) is 3.92. The van der Waals surface area contributed by atoms with Crippen LogP contribution in [-0.4, -0.2) is 29.6 Å². The molecule has 0 amide bonds. The topological polar surface area (TPSA) is 40.8 Å². The van der Waals surface area contributed by atoms with Crippen LogP contribution in [0.1, 0.15) is 38.4 Å². The smallest absolute Gasteiger partial charge is 0.201 e. The Morgan fingerprint density at radius 1 is 0.966 bits per heavy atom. The monoisotopic (exact) mass is 405 g/mol. The molecule has 29 heavy (non-hydrogen) atoms. The summed E-state index contributed by atoms with van der Waals surface area (Å²) in [7, 11) is 0. The minimum absolute atomic E-state index is 0.939. The van der Waals surface area contributed by atoms with Crippen LogP contribution in [-0.2, 0) is 0 Å². The van der Waals surface area contributed by atoms with Gasteiger partial charge in [0.25, 0.3) is 0 Å². The molecule has 2 aromatic rings. The molecule has 0 radical (unpaired) electrons. The number of aryl methyl sites for hydroxylation is 2. The van der Waals surface area contributed by atoms with Gasteiger partial charge in [-0.25, -0.2) is 9.56 Å². The van der Waals surface area contributed by atoms with Gasteiger partial charge in [0.15, 0.2) is 0 Å². The number of pyridine rings is 1. The minimum atomic E-state index is 0.939. The third kappa shape index (κ3) is 3.48. The van der Waals surface area contributed by atoms with Gasteiger partial charge < -0.3 is 5.32 Å². The first kappa shape index (κ1) is 19.8. The second-order valence-corrected chi connectivity index (χ2v) is 8.54. The second kappa shape index (κ2) is 8.07. The van der Waals surface area contributed by atoms with E-state index in [0.717, 1.165) is 59.5 Å².